The third kappa shape index (κ3) is 5.84. The molecule has 30 heavy (non-hydrogen) atoms. The van der Waals surface area contributed by atoms with E-state index in [0.29, 0.717) is 56.7 Å². The molecule has 1 aromatic heterocycles. The van der Waals surface area contributed by atoms with Gasteiger partial charge in [0.1, 0.15) is 6.04 Å². The van der Waals surface area contributed by atoms with Gasteiger partial charge < -0.3 is 19.4 Å². The molecule has 0 spiro atoms. The quantitative estimate of drug-likeness (QED) is 0.615. The molecule has 1 N–H and O–H groups in total. The van der Waals surface area contributed by atoms with Crippen LogP contribution >= 0.6 is 11.6 Å². The number of hydrogen-bond donors (Lipinski definition) is 1. The lowest BCUT2D eigenvalue weighted by Crippen LogP contribution is -2.52. The van der Waals surface area contributed by atoms with Crippen molar-refractivity contribution in [3.8, 4) is 0 Å². The number of piperazine rings is 1. The molecule has 2 amide bonds. The number of halogens is 1. The van der Waals surface area contributed by atoms with Crippen LogP contribution in [0.5, 0.6) is 0 Å². The van der Waals surface area contributed by atoms with Gasteiger partial charge in [-0.15, -0.1) is 0 Å². The zero-order valence-electron chi connectivity index (χ0n) is 17.2. The number of furan rings is 1. The fourth-order valence-electron chi connectivity index (χ4n) is 3.54. The van der Waals surface area contributed by atoms with Crippen LogP contribution in [0.15, 0.2) is 47.1 Å². The van der Waals surface area contributed by atoms with E-state index in [-0.39, 0.29) is 11.8 Å². The van der Waals surface area contributed by atoms with Crippen LogP contribution in [0.2, 0.25) is 5.02 Å². The molecule has 1 aliphatic rings. The summed E-state index contributed by atoms with van der Waals surface area (Å²) < 4.78 is 10.6. The predicted octanol–water partition coefficient (Wildman–Crippen LogP) is 2.97. The second-order valence-electron chi connectivity index (χ2n) is 7.10. The van der Waals surface area contributed by atoms with Crippen LogP contribution in [0.4, 0.5) is 0 Å². The molecule has 1 aromatic carbocycles. The number of nitrogens with one attached hydrogen (secondary N) is 1. The number of benzene rings is 1. The van der Waals surface area contributed by atoms with E-state index in [0.717, 1.165) is 12.0 Å². The first-order chi connectivity index (χ1) is 14.6. The summed E-state index contributed by atoms with van der Waals surface area (Å²) in [5.41, 5.74) is 0.882. The van der Waals surface area contributed by atoms with Crippen molar-refractivity contribution in [3.05, 3.63) is 59.0 Å². The number of nitrogens with zero attached hydrogens (tertiary/aromatic N) is 2. The molecule has 2 heterocycles. The first kappa shape index (κ1) is 22.3. The maximum atomic E-state index is 13.0. The first-order valence-corrected chi connectivity index (χ1v) is 10.7. The van der Waals surface area contributed by atoms with Crippen molar-refractivity contribution in [2.75, 3.05) is 45.9 Å². The summed E-state index contributed by atoms with van der Waals surface area (Å²) in [5.74, 6) is 0.160. The Bertz CT molecular complexity index is 802. The Kier molecular flexibility index (Phi) is 8.30. The molecule has 0 aliphatic carbocycles. The number of carbonyl (C=O) groups is 2. The number of rotatable bonds is 9. The molecule has 0 bridgehead atoms. The zero-order chi connectivity index (χ0) is 21.3. The summed E-state index contributed by atoms with van der Waals surface area (Å²) in [4.78, 5) is 29.4. The number of amides is 2. The third-order valence-corrected chi connectivity index (χ3v) is 5.35. The molecule has 3 rings (SSSR count). The molecule has 2 aromatic rings. The van der Waals surface area contributed by atoms with Crippen molar-refractivity contribution < 1.29 is 18.7 Å². The van der Waals surface area contributed by atoms with Gasteiger partial charge in [0, 0.05) is 51.0 Å². The van der Waals surface area contributed by atoms with Gasteiger partial charge >= 0.3 is 0 Å². The summed E-state index contributed by atoms with van der Waals surface area (Å²) in [7, 11) is 0. The topological polar surface area (TPSA) is 75.0 Å². The summed E-state index contributed by atoms with van der Waals surface area (Å²) in [6.07, 6.45) is 2.26. The Labute approximate surface area is 181 Å². The second kappa shape index (κ2) is 11.2. The van der Waals surface area contributed by atoms with Gasteiger partial charge in [-0.3, -0.25) is 14.5 Å². The van der Waals surface area contributed by atoms with Crippen LogP contribution in [0.1, 0.15) is 35.5 Å². The Balaban J connectivity index is 1.64. The lowest BCUT2D eigenvalue weighted by molar-refractivity contribution is -0.127. The highest BCUT2D eigenvalue weighted by molar-refractivity contribution is 6.30. The number of hydrogen-bond acceptors (Lipinski definition) is 5. The molecule has 7 nitrogen and oxygen atoms in total. The summed E-state index contributed by atoms with van der Waals surface area (Å²) in [6.45, 7) is 6.03. The van der Waals surface area contributed by atoms with Crippen molar-refractivity contribution in [1.82, 2.24) is 15.1 Å². The standard InChI is InChI=1S/C22H28ClN3O4/c1-2-29-15-4-10-24-21(27)20(17-6-8-18(23)9-7-17)25-11-13-26(14-12-25)22(28)19-5-3-16-30-19/h3,5-9,16,20H,2,4,10-15H2,1H3,(H,24,27)/t20-/m1/s1. The van der Waals surface area contributed by atoms with Gasteiger partial charge in [0.25, 0.3) is 5.91 Å². The average Bonchev–Trinajstić information content (AvgIpc) is 3.30. The third-order valence-electron chi connectivity index (χ3n) is 5.10. The van der Waals surface area contributed by atoms with Crippen molar-refractivity contribution in [2.45, 2.75) is 19.4 Å². The van der Waals surface area contributed by atoms with Gasteiger partial charge in [0.05, 0.1) is 6.26 Å². The molecule has 0 radical (unpaired) electrons. The van der Waals surface area contributed by atoms with Gasteiger partial charge in [0.15, 0.2) is 5.76 Å². The molecule has 162 valence electrons. The van der Waals surface area contributed by atoms with Crippen LogP contribution in [-0.2, 0) is 9.53 Å². The van der Waals surface area contributed by atoms with E-state index < -0.39 is 6.04 Å². The lowest BCUT2D eigenvalue weighted by atomic mass is 10.0. The highest BCUT2D eigenvalue weighted by Gasteiger charge is 2.32. The van der Waals surface area contributed by atoms with Gasteiger partial charge in [0.2, 0.25) is 5.91 Å². The predicted molar refractivity (Wildman–Crippen MR) is 114 cm³/mol. The highest BCUT2D eigenvalue weighted by atomic mass is 35.5. The van der Waals surface area contributed by atoms with Gasteiger partial charge in [-0.2, -0.15) is 0 Å². The Hall–Kier alpha value is -2.35. The monoisotopic (exact) mass is 433 g/mol. The smallest absolute Gasteiger partial charge is 0.289 e. The zero-order valence-corrected chi connectivity index (χ0v) is 17.9. The van der Waals surface area contributed by atoms with Crippen LogP contribution in [0, 0.1) is 0 Å². The van der Waals surface area contributed by atoms with Crippen LogP contribution in [0.25, 0.3) is 0 Å². The Morgan fingerprint density at radius 2 is 1.90 bits per heavy atom. The van der Waals surface area contributed by atoms with Gasteiger partial charge in [-0.05, 0) is 43.2 Å². The Morgan fingerprint density at radius 3 is 2.53 bits per heavy atom. The molecule has 1 fully saturated rings. The highest BCUT2D eigenvalue weighted by Crippen LogP contribution is 2.25. The molecule has 1 atom stereocenters. The van der Waals surface area contributed by atoms with Crippen LogP contribution < -0.4 is 5.32 Å². The maximum absolute atomic E-state index is 13.0. The van der Waals surface area contributed by atoms with Crippen LogP contribution in [0.3, 0.4) is 0 Å². The van der Waals surface area contributed by atoms with E-state index in [2.05, 4.69) is 10.2 Å². The number of carbonyl (C=O) groups excluding carboxylic acids is 2. The number of ether oxygens (including phenoxy) is 1. The first-order valence-electron chi connectivity index (χ1n) is 10.3. The SMILES string of the molecule is CCOCCCNC(=O)[C@@H](c1ccc(Cl)cc1)N1CCN(C(=O)c2ccco2)CC1. The molecule has 0 saturated carbocycles. The Morgan fingerprint density at radius 1 is 1.17 bits per heavy atom. The minimum Gasteiger partial charge on any atom is -0.459 e. The fraction of sp³-hybridized carbons (Fsp3) is 0.455. The average molecular weight is 434 g/mol. The van der Waals surface area contributed by atoms with Crippen molar-refractivity contribution in [3.63, 3.8) is 0 Å². The molecular weight excluding hydrogens is 406 g/mol. The lowest BCUT2D eigenvalue weighted by Gasteiger charge is -2.38. The van der Waals surface area contributed by atoms with Crippen molar-refractivity contribution in [1.29, 1.82) is 0 Å². The molecule has 1 aliphatic heterocycles. The molecular formula is C22H28ClN3O4. The van der Waals surface area contributed by atoms with Crippen molar-refractivity contribution in [2.24, 2.45) is 0 Å². The summed E-state index contributed by atoms with van der Waals surface area (Å²) in [6, 6.07) is 10.3. The van der Waals surface area contributed by atoms with E-state index in [1.54, 1.807) is 29.2 Å². The van der Waals surface area contributed by atoms with Crippen LogP contribution in [-0.4, -0.2) is 67.6 Å². The van der Waals surface area contributed by atoms with E-state index >= 15 is 0 Å². The second-order valence-corrected chi connectivity index (χ2v) is 7.54. The van der Waals surface area contributed by atoms with Crippen molar-refractivity contribution >= 4 is 23.4 Å². The summed E-state index contributed by atoms with van der Waals surface area (Å²) >= 11 is 6.04. The largest absolute Gasteiger partial charge is 0.459 e. The fourth-order valence-corrected chi connectivity index (χ4v) is 3.67. The molecule has 1 saturated heterocycles. The molecule has 0 unspecified atom stereocenters. The van der Waals surface area contributed by atoms with Gasteiger partial charge in [-0.25, -0.2) is 0 Å². The van der Waals surface area contributed by atoms with E-state index in [9.17, 15) is 9.59 Å². The summed E-state index contributed by atoms with van der Waals surface area (Å²) in [5, 5.41) is 3.65. The molecule has 8 heteroatoms. The minimum atomic E-state index is -0.435. The van der Waals surface area contributed by atoms with E-state index in [4.69, 9.17) is 20.8 Å². The van der Waals surface area contributed by atoms with E-state index in [1.807, 2.05) is 19.1 Å². The maximum Gasteiger partial charge on any atom is 0.289 e. The van der Waals surface area contributed by atoms with E-state index in [1.165, 1.54) is 6.26 Å². The minimum absolute atomic E-state index is 0.0559. The normalized spacial score (nSPS) is 15.7. The van der Waals surface area contributed by atoms with Gasteiger partial charge in [-0.1, -0.05) is 23.7 Å².